The molecule has 0 atom stereocenters. The second-order valence-corrected chi connectivity index (χ2v) is 4.30. The van der Waals surface area contributed by atoms with Gasteiger partial charge in [-0.1, -0.05) is 0 Å². The van der Waals surface area contributed by atoms with Crippen LogP contribution in [0.2, 0.25) is 0 Å². The van der Waals surface area contributed by atoms with Crippen molar-refractivity contribution in [3.05, 3.63) is 34.5 Å². The summed E-state index contributed by atoms with van der Waals surface area (Å²) in [6.07, 6.45) is -3.46. The Bertz CT molecular complexity index is 657. The first-order valence-corrected chi connectivity index (χ1v) is 5.61. The third-order valence-corrected chi connectivity index (χ3v) is 2.64. The van der Waals surface area contributed by atoms with Crippen molar-refractivity contribution in [1.29, 1.82) is 0 Å². The molecule has 0 saturated carbocycles. The molecule has 10 heteroatoms. The molecule has 0 aliphatic rings. The van der Waals surface area contributed by atoms with E-state index < -0.39 is 17.6 Å². The van der Waals surface area contributed by atoms with E-state index in [-0.39, 0.29) is 16.0 Å². The van der Waals surface area contributed by atoms with Crippen LogP contribution in [0.4, 0.5) is 19.0 Å². The Hall–Kier alpha value is -2.10. The molecule has 2 rings (SSSR count). The zero-order valence-electron chi connectivity index (χ0n) is 9.10. The van der Waals surface area contributed by atoms with Crippen LogP contribution in [-0.4, -0.2) is 19.9 Å². The molecular formula is C9H6F3N5OS. The monoisotopic (exact) mass is 289 g/mol. The molecule has 0 saturated heterocycles. The average molecular weight is 289 g/mol. The third-order valence-electron chi connectivity index (χ3n) is 1.83. The highest BCUT2D eigenvalue weighted by Crippen LogP contribution is 2.30. The van der Waals surface area contributed by atoms with Gasteiger partial charge in [0.1, 0.15) is 10.8 Å². The number of nitrogens with zero attached hydrogens (tertiary/aromatic N) is 3. The zero-order chi connectivity index (χ0) is 14.0. The lowest BCUT2D eigenvalue weighted by Crippen LogP contribution is -2.13. The van der Waals surface area contributed by atoms with Gasteiger partial charge in [0.25, 0.3) is 5.56 Å². The summed E-state index contributed by atoms with van der Waals surface area (Å²) >= 11 is 0.748. The van der Waals surface area contributed by atoms with E-state index in [0.29, 0.717) is 0 Å². The Morgan fingerprint density at radius 1 is 1.32 bits per heavy atom. The standard InChI is InChI=1S/C9H6F3N5OS/c10-9(11,12)7-15-4(13)3-6(17-7)19-8-14-2-1-5(18)16-8/h1-3H,(H2,13,15,17)(H,14,16,18). The summed E-state index contributed by atoms with van der Waals surface area (Å²) in [5.74, 6) is -1.66. The molecule has 0 aliphatic carbocycles. The van der Waals surface area contributed by atoms with Gasteiger partial charge in [0, 0.05) is 18.3 Å². The highest BCUT2D eigenvalue weighted by Gasteiger charge is 2.35. The number of nitrogen functional groups attached to an aromatic ring is 1. The van der Waals surface area contributed by atoms with Crippen LogP contribution in [0.5, 0.6) is 0 Å². The minimum atomic E-state index is -4.69. The smallest absolute Gasteiger partial charge is 0.384 e. The van der Waals surface area contributed by atoms with Crippen molar-refractivity contribution in [3.8, 4) is 0 Å². The van der Waals surface area contributed by atoms with Crippen molar-refractivity contribution in [3.63, 3.8) is 0 Å². The van der Waals surface area contributed by atoms with E-state index in [1.54, 1.807) is 0 Å². The van der Waals surface area contributed by atoms with E-state index >= 15 is 0 Å². The van der Waals surface area contributed by atoms with E-state index in [2.05, 4.69) is 19.9 Å². The summed E-state index contributed by atoms with van der Waals surface area (Å²) in [4.78, 5) is 23.6. The number of hydrogen-bond acceptors (Lipinski definition) is 6. The highest BCUT2D eigenvalue weighted by atomic mass is 32.2. The molecule has 0 radical (unpaired) electrons. The predicted octanol–water partition coefficient (Wildman–Crippen LogP) is 1.31. The Kier molecular flexibility index (Phi) is 3.42. The van der Waals surface area contributed by atoms with Crippen molar-refractivity contribution in [2.75, 3.05) is 5.73 Å². The van der Waals surface area contributed by atoms with Crippen LogP contribution in [0.25, 0.3) is 0 Å². The van der Waals surface area contributed by atoms with Crippen LogP contribution in [-0.2, 0) is 6.18 Å². The first kappa shape index (κ1) is 13.3. The maximum absolute atomic E-state index is 12.5. The van der Waals surface area contributed by atoms with Crippen molar-refractivity contribution in [2.45, 2.75) is 16.4 Å². The fourth-order valence-corrected chi connectivity index (χ4v) is 1.90. The first-order valence-electron chi connectivity index (χ1n) is 4.79. The van der Waals surface area contributed by atoms with E-state index in [9.17, 15) is 18.0 Å². The highest BCUT2D eigenvalue weighted by molar-refractivity contribution is 7.99. The van der Waals surface area contributed by atoms with Crippen LogP contribution in [0.3, 0.4) is 0 Å². The summed E-state index contributed by atoms with van der Waals surface area (Å²) < 4.78 is 37.5. The molecule has 2 heterocycles. The number of nitrogens with two attached hydrogens (primary N) is 1. The number of anilines is 1. The van der Waals surface area contributed by atoms with Crippen LogP contribution in [0, 0.1) is 0 Å². The van der Waals surface area contributed by atoms with Crippen molar-refractivity contribution >= 4 is 17.6 Å². The molecule has 19 heavy (non-hydrogen) atoms. The molecule has 0 amide bonds. The van der Waals surface area contributed by atoms with Gasteiger partial charge in [0.05, 0.1) is 0 Å². The molecule has 0 unspecified atom stereocenters. The summed E-state index contributed by atoms with van der Waals surface area (Å²) in [5.41, 5.74) is 4.86. The van der Waals surface area contributed by atoms with Gasteiger partial charge < -0.3 is 10.7 Å². The van der Waals surface area contributed by atoms with E-state index in [1.165, 1.54) is 12.3 Å². The molecule has 2 aromatic rings. The number of halogens is 3. The number of nitrogens with one attached hydrogen (secondary N) is 1. The number of aromatic amines is 1. The van der Waals surface area contributed by atoms with E-state index in [1.807, 2.05) is 0 Å². The molecule has 0 aromatic carbocycles. The molecule has 2 aromatic heterocycles. The second-order valence-electron chi connectivity index (χ2n) is 3.29. The number of rotatable bonds is 2. The van der Waals surface area contributed by atoms with Gasteiger partial charge in [-0.15, -0.1) is 0 Å². The van der Waals surface area contributed by atoms with Crippen LogP contribution >= 0.6 is 11.8 Å². The second kappa shape index (κ2) is 4.88. The van der Waals surface area contributed by atoms with Gasteiger partial charge in [0.15, 0.2) is 5.16 Å². The maximum Gasteiger partial charge on any atom is 0.451 e. The van der Waals surface area contributed by atoms with Crippen molar-refractivity contribution in [1.82, 2.24) is 19.9 Å². The molecule has 100 valence electrons. The largest absolute Gasteiger partial charge is 0.451 e. The SMILES string of the molecule is Nc1cc(Sc2nccc(=O)[nH]2)nc(C(F)(F)F)n1. The molecular weight excluding hydrogens is 283 g/mol. The fraction of sp³-hybridized carbons (Fsp3) is 0.111. The minimum Gasteiger partial charge on any atom is -0.384 e. The van der Waals surface area contributed by atoms with Crippen molar-refractivity contribution < 1.29 is 13.2 Å². The van der Waals surface area contributed by atoms with Gasteiger partial charge in [-0.2, -0.15) is 13.2 Å². The Morgan fingerprint density at radius 3 is 2.68 bits per heavy atom. The molecule has 0 spiro atoms. The molecule has 0 bridgehead atoms. The summed E-state index contributed by atoms with van der Waals surface area (Å²) in [6, 6.07) is 2.34. The normalized spacial score (nSPS) is 11.5. The number of H-pyrrole nitrogens is 1. The predicted molar refractivity (Wildman–Crippen MR) is 60.4 cm³/mol. The quantitative estimate of drug-likeness (QED) is 0.639. The number of hydrogen-bond donors (Lipinski definition) is 2. The Morgan fingerprint density at radius 2 is 2.05 bits per heavy atom. The van der Waals surface area contributed by atoms with Gasteiger partial charge in [-0.05, 0) is 11.8 Å². The third kappa shape index (κ3) is 3.44. The van der Waals surface area contributed by atoms with Crippen LogP contribution < -0.4 is 11.3 Å². The maximum atomic E-state index is 12.5. The van der Waals surface area contributed by atoms with E-state index in [4.69, 9.17) is 5.73 Å². The van der Waals surface area contributed by atoms with Gasteiger partial charge >= 0.3 is 6.18 Å². The van der Waals surface area contributed by atoms with Crippen molar-refractivity contribution in [2.24, 2.45) is 0 Å². The first-order chi connectivity index (χ1) is 8.84. The van der Waals surface area contributed by atoms with Gasteiger partial charge in [0.2, 0.25) is 5.82 Å². The fourth-order valence-electron chi connectivity index (χ4n) is 1.12. The summed E-state index contributed by atoms with van der Waals surface area (Å²) in [7, 11) is 0. The van der Waals surface area contributed by atoms with Crippen LogP contribution in [0.15, 0.2) is 33.3 Å². The lowest BCUT2D eigenvalue weighted by Gasteiger charge is -2.07. The molecule has 0 aliphatic heterocycles. The van der Waals surface area contributed by atoms with Gasteiger partial charge in [-0.3, -0.25) is 4.79 Å². The lowest BCUT2D eigenvalue weighted by molar-refractivity contribution is -0.145. The number of alkyl halides is 3. The minimum absolute atomic E-state index is 0.0609. The Labute approximate surface area is 108 Å². The van der Waals surface area contributed by atoms with Gasteiger partial charge in [-0.25, -0.2) is 15.0 Å². The topological polar surface area (TPSA) is 97.5 Å². The van der Waals surface area contributed by atoms with Crippen LogP contribution in [0.1, 0.15) is 5.82 Å². The molecule has 6 nitrogen and oxygen atoms in total. The molecule has 3 N–H and O–H groups in total. The Balaban J connectivity index is 2.36. The van der Waals surface area contributed by atoms with E-state index in [0.717, 1.165) is 17.8 Å². The summed E-state index contributed by atoms with van der Waals surface area (Å²) in [5, 5.41) is 0.0490. The number of aromatic nitrogens is 4. The summed E-state index contributed by atoms with van der Waals surface area (Å²) in [6.45, 7) is 0. The lowest BCUT2D eigenvalue weighted by atomic mass is 10.5. The molecule has 0 fully saturated rings. The zero-order valence-corrected chi connectivity index (χ0v) is 9.92. The average Bonchev–Trinajstić information content (AvgIpc) is 2.26.